The summed E-state index contributed by atoms with van der Waals surface area (Å²) in [5.41, 5.74) is 2.48. The summed E-state index contributed by atoms with van der Waals surface area (Å²) >= 11 is 0. The highest BCUT2D eigenvalue weighted by molar-refractivity contribution is 6.24. The first-order valence-corrected chi connectivity index (χ1v) is 11.5. The number of carbonyl (C=O) groups is 4. The highest BCUT2D eigenvalue weighted by Crippen LogP contribution is 2.53. The number of phenolic OH excluding ortho intramolecular Hbond substituents is 1. The molecule has 0 spiro atoms. The van der Waals surface area contributed by atoms with Crippen LogP contribution in [-0.2, 0) is 20.8 Å². The zero-order valence-corrected chi connectivity index (χ0v) is 19.9. The molecule has 1 aromatic heterocycles. The van der Waals surface area contributed by atoms with Crippen molar-refractivity contribution in [1.29, 1.82) is 0 Å². The van der Waals surface area contributed by atoms with Crippen LogP contribution in [0.25, 0.3) is 17.1 Å². The van der Waals surface area contributed by atoms with Crippen molar-refractivity contribution >= 4 is 29.5 Å². The average Bonchev–Trinajstić information content (AvgIpc) is 3.29. The van der Waals surface area contributed by atoms with Crippen LogP contribution < -0.4 is 5.73 Å². The zero-order chi connectivity index (χ0) is 27.0. The summed E-state index contributed by atoms with van der Waals surface area (Å²) in [4.78, 5) is 52.0. The third-order valence-electron chi connectivity index (χ3n) is 7.67. The standard InChI is InChI=1S/C26H24N2O9/c1-28(2)19-14-8-11-7-13-12(22-10(9-29)5-6-37-22)3-4-15(30)17(13)20(31)16(11)23(33)26(14,36)24(34)18(21(19)32)25(27)35/h3-6,9,11,14,19,30-31,34,36H,7-8H2,1-2H3,(H2,27,35)/t11-,14-,19+,26+/m1/s1. The van der Waals surface area contributed by atoms with Crippen molar-refractivity contribution < 1.29 is 44.0 Å². The Labute approximate surface area is 210 Å². The number of furan rings is 1. The molecule has 11 heteroatoms. The monoisotopic (exact) mass is 508 g/mol. The lowest BCUT2D eigenvalue weighted by Gasteiger charge is -2.50. The molecule has 2 aromatic rings. The normalized spacial score (nSPS) is 27.2. The molecule has 1 amide bonds. The number of nitrogens with zero attached hydrogens (tertiary/aromatic N) is 1. The number of rotatable bonds is 4. The first kappa shape index (κ1) is 24.5. The summed E-state index contributed by atoms with van der Waals surface area (Å²) in [6.45, 7) is 0. The van der Waals surface area contributed by atoms with Gasteiger partial charge < -0.3 is 30.6 Å². The Morgan fingerprint density at radius 3 is 2.51 bits per heavy atom. The maximum absolute atomic E-state index is 13.8. The number of hydrogen-bond donors (Lipinski definition) is 5. The Morgan fingerprint density at radius 1 is 1.19 bits per heavy atom. The molecule has 1 aromatic carbocycles. The van der Waals surface area contributed by atoms with Gasteiger partial charge in [0.05, 0.1) is 23.4 Å². The van der Waals surface area contributed by atoms with Gasteiger partial charge in [-0.2, -0.15) is 0 Å². The van der Waals surface area contributed by atoms with Gasteiger partial charge in [0.2, 0.25) is 5.78 Å². The minimum absolute atomic E-state index is 0.0421. The number of primary amides is 1. The van der Waals surface area contributed by atoms with Gasteiger partial charge in [-0.05, 0) is 56.6 Å². The molecule has 0 radical (unpaired) electrons. The highest BCUT2D eigenvalue weighted by Gasteiger charge is 2.64. The van der Waals surface area contributed by atoms with Crippen LogP contribution in [-0.4, -0.2) is 74.8 Å². The molecular weight excluding hydrogens is 484 g/mol. The van der Waals surface area contributed by atoms with Gasteiger partial charge in [-0.3, -0.25) is 24.1 Å². The second-order valence-electron chi connectivity index (χ2n) is 9.77. The summed E-state index contributed by atoms with van der Waals surface area (Å²) < 4.78 is 5.50. The van der Waals surface area contributed by atoms with Crippen LogP contribution in [0.1, 0.15) is 27.9 Å². The molecule has 192 valence electrons. The number of benzene rings is 1. The number of phenols is 1. The van der Waals surface area contributed by atoms with Crippen molar-refractivity contribution in [2.75, 3.05) is 14.1 Å². The summed E-state index contributed by atoms with van der Waals surface area (Å²) in [5.74, 6) is -7.03. The van der Waals surface area contributed by atoms with Gasteiger partial charge in [-0.1, -0.05) is 0 Å². The molecule has 0 bridgehead atoms. The average molecular weight is 508 g/mol. The van der Waals surface area contributed by atoms with Crippen molar-refractivity contribution in [3.63, 3.8) is 0 Å². The number of fused-ring (bicyclic) bond motifs is 3. The van der Waals surface area contributed by atoms with E-state index in [0.717, 1.165) is 0 Å². The first-order valence-electron chi connectivity index (χ1n) is 11.5. The minimum Gasteiger partial charge on any atom is -0.508 e. The number of aldehydes is 1. The van der Waals surface area contributed by atoms with Gasteiger partial charge in [-0.25, -0.2) is 0 Å². The predicted octanol–water partition coefficient (Wildman–Crippen LogP) is 1.04. The van der Waals surface area contributed by atoms with Crippen LogP contribution >= 0.6 is 0 Å². The molecule has 4 atom stereocenters. The van der Waals surface area contributed by atoms with Crippen molar-refractivity contribution in [2.24, 2.45) is 17.6 Å². The van der Waals surface area contributed by atoms with Crippen LogP contribution in [0.2, 0.25) is 0 Å². The molecule has 0 unspecified atom stereocenters. The summed E-state index contributed by atoms with van der Waals surface area (Å²) in [6.07, 6.45) is 1.97. The van der Waals surface area contributed by atoms with Crippen molar-refractivity contribution in [3.8, 4) is 17.1 Å². The van der Waals surface area contributed by atoms with Gasteiger partial charge in [0.1, 0.15) is 28.6 Å². The number of aliphatic hydroxyl groups excluding tert-OH is 2. The number of aromatic hydroxyl groups is 1. The predicted molar refractivity (Wildman–Crippen MR) is 127 cm³/mol. The molecule has 5 rings (SSSR count). The Balaban J connectivity index is 1.75. The summed E-state index contributed by atoms with van der Waals surface area (Å²) in [7, 11) is 3.06. The van der Waals surface area contributed by atoms with Crippen LogP contribution in [0, 0.1) is 11.8 Å². The van der Waals surface area contributed by atoms with Crippen LogP contribution in [0.4, 0.5) is 0 Å². The third kappa shape index (κ3) is 3.14. The fourth-order valence-electron chi connectivity index (χ4n) is 6.09. The van der Waals surface area contributed by atoms with Gasteiger partial charge in [0.25, 0.3) is 5.91 Å². The van der Waals surface area contributed by atoms with E-state index in [1.54, 1.807) is 0 Å². The largest absolute Gasteiger partial charge is 0.508 e. The number of aliphatic hydroxyl groups is 3. The van der Waals surface area contributed by atoms with E-state index in [1.807, 2.05) is 0 Å². The number of hydrogen-bond acceptors (Lipinski definition) is 10. The van der Waals surface area contributed by atoms with E-state index in [-0.39, 0.29) is 41.1 Å². The summed E-state index contributed by atoms with van der Waals surface area (Å²) in [6, 6.07) is 3.10. The quantitative estimate of drug-likeness (QED) is 0.294. The second-order valence-corrected chi connectivity index (χ2v) is 9.77. The Morgan fingerprint density at radius 2 is 1.89 bits per heavy atom. The highest BCUT2D eigenvalue weighted by atomic mass is 16.3. The third-order valence-corrected chi connectivity index (χ3v) is 7.67. The maximum atomic E-state index is 13.8. The SMILES string of the molecule is CN(C)[C@@H]1C(=O)C(C(N)=O)=C(O)[C@@]2(O)C(=O)C3=C(O)c4c(O)ccc(-c5occc5C=O)c4C[C@@H]3C[C@H]12. The molecular formula is C26H24N2O9. The van der Waals surface area contributed by atoms with E-state index in [2.05, 4.69) is 0 Å². The number of ketones is 2. The lowest BCUT2D eigenvalue weighted by atomic mass is 9.57. The molecule has 0 aliphatic heterocycles. The van der Waals surface area contributed by atoms with E-state index in [0.29, 0.717) is 17.4 Å². The molecule has 1 fully saturated rings. The van der Waals surface area contributed by atoms with Crippen molar-refractivity contribution in [1.82, 2.24) is 4.90 Å². The fraction of sp³-hybridized carbons (Fsp3) is 0.308. The molecule has 3 aliphatic rings. The molecule has 3 aliphatic carbocycles. The molecule has 1 saturated carbocycles. The van der Waals surface area contributed by atoms with Crippen LogP contribution in [0.3, 0.4) is 0 Å². The number of nitrogens with two attached hydrogens (primary N) is 1. The minimum atomic E-state index is -2.70. The van der Waals surface area contributed by atoms with Crippen LogP contribution in [0.15, 0.2) is 45.8 Å². The number of amides is 1. The first-order chi connectivity index (χ1) is 17.4. The number of Topliss-reactive ketones (excluding diaryl/α,β-unsaturated/α-hetero) is 2. The Hall–Kier alpha value is -4.22. The molecule has 6 N–H and O–H groups in total. The molecule has 1 heterocycles. The molecule has 0 saturated heterocycles. The lowest BCUT2D eigenvalue weighted by molar-refractivity contribution is -0.153. The van der Waals surface area contributed by atoms with Crippen molar-refractivity contribution in [3.05, 3.63) is 58.1 Å². The van der Waals surface area contributed by atoms with Gasteiger partial charge in [-0.15, -0.1) is 0 Å². The molecule has 37 heavy (non-hydrogen) atoms. The zero-order valence-electron chi connectivity index (χ0n) is 19.9. The lowest BCUT2D eigenvalue weighted by Crippen LogP contribution is -2.65. The van der Waals surface area contributed by atoms with E-state index in [4.69, 9.17) is 10.2 Å². The topological polar surface area (TPSA) is 192 Å². The van der Waals surface area contributed by atoms with E-state index in [9.17, 15) is 39.6 Å². The number of carbonyl (C=O) groups excluding carboxylic acids is 4. The van der Waals surface area contributed by atoms with Gasteiger partial charge in [0, 0.05) is 17.1 Å². The van der Waals surface area contributed by atoms with Crippen molar-refractivity contribution in [2.45, 2.75) is 24.5 Å². The van der Waals surface area contributed by atoms with E-state index in [1.165, 1.54) is 43.5 Å². The maximum Gasteiger partial charge on any atom is 0.255 e. The fourth-order valence-corrected chi connectivity index (χ4v) is 6.09. The smallest absolute Gasteiger partial charge is 0.255 e. The van der Waals surface area contributed by atoms with Crippen LogP contribution in [0.5, 0.6) is 5.75 Å². The summed E-state index contributed by atoms with van der Waals surface area (Å²) in [5, 5.41) is 44.4. The Bertz CT molecular complexity index is 1460. The Kier molecular flexibility index (Phi) is 5.39. The van der Waals surface area contributed by atoms with E-state index < -0.39 is 58.0 Å². The van der Waals surface area contributed by atoms with E-state index >= 15 is 0 Å². The number of likely N-dealkylation sites (N-methyl/N-ethyl adjacent to an activating group) is 1. The van der Waals surface area contributed by atoms with Gasteiger partial charge >= 0.3 is 0 Å². The van der Waals surface area contributed by atoms with Gasteiger partial charge in [0.15, 0.2) is 17.7 Å². The second kappa shape index (κ2) is 8.15. The molecule has 11 nitrogen and oxygen atoms in total.